The van der Waals surface area contributed by atoms with Crippen LogP contribution in [-0.2, 0) is 19.5 Å². The first-order chi connectivity index (χ1) is 15.4. The largest absolute Gasteiger partial charge is 0.462 e. The number of carbonyl (C=O) groups is 3. The van der Waals surface area contributed by atoms with Gasteiger partial charge in [0.1, 0.15) is 9.88 Å². The van der Waals surface area contributed by atoms with E-state index in [1.54, 1.807) is 34.6 Å². The summed E-state index contributed by atoms with van der Waals surface area (Å²) in [4.78, 5) is 37.8. The SMILES string of the molecule is CCOC(=O)c1sc(NC(=O)c2ccc(S(=O)(=O)N(C)C(C)C)cc2)c(C(=O)OCC)c1C. The first-order valence-electron chi connectivity index (χ1n) is 10.3. The summed E-state index contributed by atoms with van der Waals surface area (Å²) in [5.74, 6) is -1.84. The van der Waals surface area contributed by atoms with Gasteiger partial charge in [-0.2, -0.15) is 4.31 Å². The second-order valence-electron chi connectivity index (χ2n) is 7.29. The number of benzene rings is 1. The van der Waals surface area contributed by atoms with Crippen molar-refractivity contribution in [3.63, 3.8) is 0 Å². The molecule has 2 rings (SSSR count). The van der Waals surface area contributed by atoms with Crippen LogP contribution in [0.1, 0.15) is 63.6 Å². The average Bonchev–Trinajstić information content (AvgIpc) is 3.09. The summed E-state index contributed by atoms with van der Waals surface area (Å²) in [7, 11) is -2.21. The van der Waals surface area contributed by atoms with E-state index in [1.165, 1.54) is 35.6 Å². The Bertz CT molecular complexity index is 1140. The van der Waals surface area contributed by atoms with Gasteiger partial charge in [0.05, 0.1) is 23.7 Å². The fraction of sp³-hybridized carbons (Fsp3) is 0.409. The number of anilines is 1. The molecule has 0 atom stereocenters. The molecule has 0 bridgehead atoms. The predicted molar refractivity (Wildman–Crippen MR) is 125 cm³/mol. The smallest absolute Gasteiger partial charge is 0.348 e. The minimum Gasteiger partial charge on any atom is -0.462 e. The van der Waals surface area contributed by atoms with E-state index in [4.69, 9.17) is 9.47 Å². The molecule has 180 valence electrons. The van der Waals surface area contributed by atoms with Gasteiger partial charge in [0.25, 0.3) is 5.91 Å². The number of rotatable bonds is 9. The molecule has 0 aliphatic carbocycles. The monoisotopic (exact) mass is 496 g/mol. The zero-order valence-corrected chi connectivity index (χ0v) is 21.1. The number of carbonyl (C=O) groups excluding carboxylic acids is 3. The van der Waals surface area contributed by atoms with Crippen molar-refractivity contribution in [1.82, 2.24) is 4.31 Å². The molecule has 0 aliphatic rings. The van der Waals surface area contributed by atoms with Crippen LogP contribution >= 0.6 is 11.3 Å². The standard InChI is InChI=1S/C22H28N2O7S2/c1-7-30-21(26)17-14(5)18(22(27)31-8-2)32-20(17)23-19(25)15-9-11-16(12-10-15)33(28,29)24(6)13(3)4/h9-13H,7-8H2,1-6H3,(H,23,25). The average molecular weight is 497 g/mol. The van der Waals surface area contributed by atoms with Gasteiger partial charge < -0.3 is 14.8 Å². The van der Waals surface area contributed by atoms with E-state index in [0.29, 0.717) is 5.56 Å². The molecule has 1 aromatic heterocycles. The lowest BCUT2D eigenvalue weighted by molar-refractivity contribution is 0.0527. The van der Waals surface area contributed by atoms with E-state index in [1.807, 2.05) is 0 Å². The summed E-state index contributed by atoms with van der Waals surface area (Å²) in [6.07, 6.45) is 0. The topological polar surface area (TPSA) is 119 Å². The minimum atomic E-state index is -3.69. The lowest BCUT2D eigenvalue weighted by Gasteiger charge is -2.21. The Morgan fingerprint density at radius 1 is 1.03 bits per heavy atom. The van der Waals surface area contributed by atoms with Crippen molar-refractivity contribution in [2.24, 2.45) is 0 Å². The van der Waals surface area contributed by atoms with Crippen molar-refractivity contribution >= 4 is 44.2 Å². The Balaban J connectivity index is 2.37. The van der Waals surface area contributed by atoms with Gasteiger partial charge in [0, 0.05) is 18.7 Å². The van der Waals surface area contributed by atoms with Gasteiger partial charge in [-0.15, -0.1) is 11.3 Å². The van der Waals surface area contributed by atoms with Gasteiger partial charge >= 0.3 is 11.9 Å². The number of thiophene rings is 1. The van der Waals surface area contributed by atoms with Crippen molar-refractivity contribution in [3.05, 3.63) is 45.8 Å². The molecule has 0 aliphatic heterocycles. The highest BCUT2D eigenvalue weighted by molar-refractivity contribution is 7.89. The molecular formula is C22H28N2O7S2. The van der Waals surface area contributed by atoms with Crippen LogP contribution in [0.4, 0.5) is 5.00 Å². The summed E-state index contributed by atoms with van der Waals surface area (Å²) in [6, 6.07) is 5.23. The van der Waals surface area contributed by atoms with Crippen LogP contribution in [0.15, 0.2) is 29.2 Å². The summed E-state index contributed by atoms with van der Waals surface area (Å²) in [5, 5.41) is 2.78. The second-order valence-corrected chi connectivity index (χ2v) is 10.3. The van der Waals surface area contributed by atoms with Crippen molar-refractivity contribution in [2.45, 2.75) is 45.6 Å². The van der Waals surface area contributed by atoms with Gasteiger partial charge in [-0.25, -0.2) is 18.0 Å². The zero-order chi connectivity index (χ0) is 24.9. The third kappa shape index (κ3) is 5.79. The second kappa shape index (κ2) is 10.9. The van der Waals surface area contributed by atoms with Crippen molar-refractivity contribution in [2.75, 3.05) is 25.6 Å². The van der Waals surface area contributed by atoms with E-state index in [2.05, 4.69) is 5.32 Å². The molecule has 0 unspecified atom stereocenters. The molecule has 1 amide bonds. The lowest BCUT2D eigenvalue weighted by atomic mass is 10.1. The van der Waals surface area contributed by atoms with E-state index < -0.39 is 27.9 Å². The Morgan fingerprint density at radius 2 is 1.58 bits per heavy atom. The number of esters is 2. The highest BCUT2D eigenvalue weighted by Gasteiger charge is 2.28. The molecular weight excluding hydrogens is 468 g/mol. The highest BCUT2D eigenvalue weighted by atomic mass is 32.2. The Hall–Kier alpha value is -2.76. The van der Waals surface area contributed by atoms with Crippen LogP contribution in [0.3, 0.4) is 0 Å². The van der Waals surface area contributed by atoms with Crippen LogP contribution in [-0.4, -0.2) is 56.9 Å². The molecule has 0 saturated carbocycles. The molecule has 0 spiro atoms. The normalized spacial score (nSPS) is 11.5. The molecule has 1 heterocycles. The predicted octanol–water partition coefficient (Wildman–Crippen LogP) is 3.69. The van der Waals surface area contributed by atoms with Gasteiger partial charge in [-0.05, 0) is 64.4 Å². The van der Waals surface area contributed by atoms with E-state index in [9.17, 15) is 22.8 Å². The molecule has 1 aromatic carbocycles. The maximum absolute atomic E-state index is 12.8. The molecule has 9 nitrogen and oxygen atoms in total. The molecule has 2 aromatic rings. The third-order valence-electron chi connectivity index (χ3n) is 4.83. The number of sulfonamides is 1. The van der Waals surface area contributed by atoms with E-state index in [-0.39, 0.29) is 45.2 Å². The van der Waals surface area contributed by atoms with Crippen LogP contribution in [0.25, 0.3) is 0 Å². The number of nitrogens with zero attached hydrogens (tertiary/aromatic N) is 1. The number of hydrogen-bond acceptors (Lipinski definition) is 8. The van der Waals surface area contributed by atoms with Gasteiger partial charge in [0.2, 0.25) is 10.0 Å². The Kier molecular flexibility index (Phi) is 8.76. The fourth-order valence-electron chi connectivity index (χ4n) is 2.84. The molecule has 11 heteroatoms. The van der Waals surface area contributed by atoms with Crippen LogP contribution in [0.5, 0.6) is 0 Å². The number of nitrogens with one attached hydrogen (secondary N) is 1. The lowest BCUT2D eigenvalue weighted by Crippen LogP contribution is -2.33. The summed E-state index contributed by atoms with van der Waals surface area (Å²) in [5.41, 5.74) is 0.612. The quantitative estimate of drug-likeness (QED) is 0.526. The third-order valence-corrected chi connectivity index (χ3v) is 8.07. The Morgan fingerprint density at radius 3 is 2.09 bits per heavy atom. The van der Waals surface area contributed by atoms with E-state index >= 15 is 0 Å². The summed E-state index contributed by atoms with van der Waals surface area (Å²) in [6.45, 7) is 8.69. The van der Waals surface area contributed by atoms with Crippen LogP contribution in [0, 0.1) is 6.92 Å². The number of hydrogen-bond donors (Lipinski definition) is 1. The summed E-state index contributed by atoms with van der Waals surface area (Å²) >= 11 is 0.916. The minimum absolute atomic E-state index is 0.0547. The molecule has 1 N–H and O–H groups in total. The number of ether oxygens (including phenoxy) is 2. The maximum Gasteiger partial charge on any atom is 0.348 e. The highest BCUT2D eigenvalue weighted by Crippen LogP contribution is 2.34. The first kappa shape index (κ1) is 26.5. The van der Waals surface area contributed by atoms with Gasteiger partial charge in [-0.1, -0.05) is 0 Å². The molecule has 0 radical (unpaired) electrons. The fourth-order valence-corrected chi connectivity index (χ4v) is 5.29. The van der Waals surface area contributed by atoms with Crippen molar-refractivity contribution in [3.8, 4) is 0 Å². The maximum atomic E-state index is 12.8. The molecule has 0 fully saturated rings. The van der Waals surface area contributed by atoms with Gasteiger partial charge in [-0.3, -0.25) is 4.79 Å². The van der Waals surface area contributed by atoms with Crippen LogP contribution in [0.2, 0.25) is 0 Å². The van der Waals surface area contributed by atoms with Crippen molar-refractivity contribution < 1.29 is 32.3 Å². The van der Waals surface area contributed by atoms with E-state index in [0.717, 1.165) is 11.3 Å². The Labute approximate surface area is 197 Å². The number of amides is 1. The zero-order valence-electron chi connectivity index (χ0n) is 19.4. The van der Waals surface area contributed by atoms with Gasteiger partial charge in [0.15, 0.2) is 0 Å². The van der Waals surface area contributed by atoms with Crippen LogP contribution < -0.4 is 5.32 Å². The molecule has 33 heavy (non-hydrogen) atoms. The molecule has 0 saturated heterocycles. The van der Waals surface area contributed by atoms with Crippen molar-refractivity contribution in [1.29, 1.82) is 0 Å². The summed E-state index contributed by atoms with van der Waals surface area (Å²) < 4.78 is 36.6. The first-order valence-corrected chi connectivity index (χ1v) is 12.6.